The van der Waals surface area contributed by atoms with Crippen LogP contribution >= 0.6 is 35.2 Å². The van der Waals surface area contributed by atoms with Gasteiger partial charge < -0.3 is 5.32 Å². The minimum Gasteiger partial charge on any atom is -0.327 e. The molecule has 0 unspecified atom stereocenters. The molecule has 0 spiro atoms. The zero-order valence-electron chi connectivity index (χ0n) is 12.0. The van der Waals surface area contributed by atoms with Crippen molar-refractivity contribution in [2.45, 2.75) is 13.8 Å². The predicted octanol–water partition coefficient (Wildman–Crippen LogP) is 4.28. The molecule has 2 aromatic rings. The number of thiophene rings is 1. The third-order valence-corrected chi connectivity index (χ3v) is 4.79. The predicted molar refractivity (Wildman–Crippen MR) is 96.4 cm³/mol. The maximum atomic E-state index is 12.6. The van der Waals surface area contributed by atoms with E-state index in [9.17, 15) is 4.79 Å². The molecule has 1 saturated heterocycles. The Morgan fingerprint density at radius 2 is 2.05 bits per heavy atom. The molecule has 2 heterocycles. The Morgan fingerprint density at radius 3 is 2.68 bits per heavy atom. The smallest absolute Gasteiger partial charge is 0.281 e. The molecule has 1 aliphatic heterocycles. The summed E-state index contributed by atoms with van der Waals surface area (Å²) in [6.45, 7) is 3.94. The van der Waals surface area contributed by atoms with Crippen LogP contribution < -0.4 is 10.2 Å². The largest absolute Gasteiger partial charge is 0.327 e. The molecule has 1 aromatic heterocycles. The number of aryl methyl sites for hydroxylation is 2. The Hall–Kier alpha value is -1.69. The molecule has 3 nitrogen and oxygen atoms in total. The zero-order chi connectivity index (χ0) is 15.9. The summed E-state index contributed by atoms with van der Waals surface area (Å²) in [5.74, 6) is -0.151. The highest BCUT2D eigenvalue weighted by atomic mass is 35.5. The van der Waals surface area contributed by atoms with Gasteiger partial charge in [-0.15, -0.1) is 11.3 Å². The van der Waals surface area contributed by atoms with Gasteiger partial charge >= 0.3 is 0 Å². The molecular formula is C16H13ClN2OS2. The van der Waals surface area contributed by atoms with Gasteiger partial charge in [0.25, 0.3) is 5.91 Å². The fourth-order valence-corrected chi connectivity index (χ4v) is 3.64. The summed E-state index contributed by atoms with van der Waals surface area (Å²) in [6, 6.07) is 9.39. The fraction of sp³-hybridized carbons (Fsp3) is 0.125. The van der Waals surface area contributed by atoms with E-state index < -0.39 is 0 Å². The van der Waals surface area contributed by atoms with Crippen LogP contribution in [0, 0.1) is 13.8 Å². The van der Waals surface area contributed by atoms with Crippen molar-refractivity contribution in [3.8, 4) is 0 Å². The summed E-state index contributed by atoms with van der Waals surface area (Å²) in [6.07, 6.45) is 1.83. The van der Waals surface area contributed by atoms with E-state index >= 15 is 0 Å². The van der Waals surface area contributed by atoms with E-state index in [4.69, 9.17) is 23.8 Å². The van der Waals surface area contributed by atoms with Crippen LogP contribution in [0.5, 0.6) is 0 Å². The summed E-state index contributed by atoms with van der Waals surface area (Å²) in [5, 5.41) is 4.01. The van der Waals surface area contributed by atoms with Gasteiger partial charge in [0.2, 0.25) is 0 Å². The molecule has 0 saturated carbocycles. The second-order valence-electron chi connectivity index (χ2n) is 5.01. The maximum absolute atomic E-state index is 12.6. The number of carbonyl (C=O) groups excluding carboxylic acids is 1. The van der Waals surface area contributed by atoms with Crippen molar-refractivity contribution in [3.63, 3.8) is 0 Å². The lowest BCUT2D eigenvalue weighted by molar-refractivity contribution is -0.113. The Morgan fingerprint density at radius 1 is 1.27 bits per heavy atom. The quantitative estimate of drug-likeness (QED) is 0.649. The zero-order valence-corrected chi connectivity index (χ0v) is 14.4. The summed E-state index contributed by atoms with van der Waals surface area (Å²) < 4.78 is 0. The van der Waals surface area contributed by atoms with E-state index in [-0.39, 0.29) is 5.91 Å². The minimum absolute atomic E-state index is 0.151. The van der Waals surface area contributed by atoms with Crippen LogP contribution in [0.15, 0.2) is 36.0 Å². The first-order valence-corrected chi connectivity index (χ1v) is 8.26. The Kier molecular flexibility index (Phi) is 4.04. The lowest BCUT2D eigenvalue weighted by Crippen LogP contribution is -2.30. The molecule has 22 heavy (non-hydrogen) atoms. The van der Waals surface area contributed by atoms with E-state index in [1.165, 1.54) is 9.78 Å². The summed E-state index contributed by atoms with van der Waals surface area (Å²) in [5.41, 5.74) is 2.14. The van der Waals surface area contributed by atoms with Gasteiger partial charge in [-0.3, -0.25) is 9.69 Å². The van der Waals surface area contributed by atoms with Crippen molar-refractivity contribution in [2.24, 2.45) is 0 Å². The molecule has 6 heteroatoms. The van der Waals surface area contributed by atoms with Gasteiger partial charge in [-0.1, -0.05) is 11.6 Å². The average molecular weight is 349 g/mol. The first kappa shape index (κ1) is 15.2. The highest BCUT2D eigenvalue weighted by Gasteiger charge is 2.32. The normalized spacial score (nSPS) is 16.5. The number of halogens is 1. The average Bonchev–Trinajstić information content (AvgIpc) is 2.96. The molecule has 112 valence electrons. The van der Waals surface area contributed by atoms with Crippen molar-refractivity contribution >= 4 is 57.9 Å². The SMILES string of the molecule is Cc1ccc(/C=C2/NC(=S)N(c3ccc(Cl)cc3C)C2=O)s1. The molecule has 1 N–H and O–H groups in total. The number of hydrogen-bond acceptors (Lipinski definition) is 3. The third kappa shape index (κ3) is 2.79. The Bertz CT molecular complexity index is 810. The van der Waals surface area contributed by atoms with Crippen LogP contribution in [0.3, 0.4) is 0 Å². The molecule has 1 aliphatic rings. The summed E-state index contributed by atoms with van der Waals surface area (Å²) in [7, 11) is 0. The van der Waals surface area contributed by atoms with Gasteiger partial charge in [0.05, 0.1) is 5.69 Å². The molecule has 1 amide bonds. The second kappa shape index (κ2) is 5.83. The van der Waals surface area contributed by atoms with Gasteiger partial charge in [-0.25, -0.2) is 0 Å². The molecule has 1 aromatic carbocycles. The standard InChI is InChI=1S/C16H13ClN2OS2/c1-9-7-11(17)4-6-14(9)19-15(20)13(18-16(19)21)8-12-5-3-10(2)22-12/h3-8H,1-2H3,(H,18,21)/b13-8+. The van der Waals surface area contributed by atoms with Crippen molar-refractivity contribution in [3.05, 3.63) is 56.4 Å². The summed E-state index contributed by atoms with van der Waals surface area (Å²) >= 11 is 12.9. The minimum atomic E-state index is -0.151. The van der Waals surface area contributed by atoms with Gasteiger partial charge in [-0.05, 0) is 68.0 Å². The number of amides is 1. The molecule has 0 aliphatic carbocycles. The van der Waals surface area contributed by atoms with E-state index in [0.29, 0.717) is 15.8 Å². The van der Waals surface area contributed by atoms with E-state index in [1.807, 2.05) is 44.2 Å². The lowest BCUT2D eigenvalue weighted by Gasteiger charge is -2.16. The highest BCUT2D eigenvalue weighted by molar-refractivity contribution is 7.80. The number of anilines is 1. The molecule has 0 bridgehead atoms. The molecule has 1 fully saturated rings. The van der Waals surface area contributed by atoms with Crippen LogP contribution in [0.1, 0.15) is 15.3 Å². The highest BCUT2D eigenvalue weighted by Crippen LogP contribution is 2.28. The summed E-state index contributed by atoms with van der Waals surface area (Å²) in [4.78, 5) is 16.4. The van der Waals surface area contributed by atoms with Crippen LogP contribution in [-0.4, -0.2) is 11.0 Å². The number of rotatable bonds is 2. The van der Waals surface area contributed by atoms with Gasteiger partial charge in [-0.2, -0.15) is 0 Å². The number of benzene rings is 1. The first-order chi connectivity index (χ1) is 10.5. The third-order valence-electron chi connectivity index (χ3n) is 3.33. The molecule has 3 rings (SSSR count). The number of thiocarbonyl (C=S) groups is 1. The van der Waals surface area contributed by atoms with Crippen LogP contribution in [0.2, 0.25) is 5.02 Å². The van der Waals surface area contributed by atoms with Gasteiger partial charge in [0.1, 0.15) is 5.70 Å². The van der Waals surface area contributed by atoms with Crippen LogP contribution in [0.25, 0.3) is 6.08 Å². The fourth-order valence-electron chi connectivity index (χ4n) is 2.30. The second-order valence-corrected chi connectivity index (χ2v) is 7.15. The number of nitrogens with one attached hydrogen (secondary N) is 1. The molecule has 0 atom stereocenters. The van der Waals surface area contributed by atoms with Crippen molar-refractivity contribution < 1.29 is 4.79 Å². The topological polar surface area (TPSA) is 32.3 Å². The Labute approximate surface area is 143 Å². The monoisotopic (exact) mass is 348 g/mol. The van der Waals surface area contributed by atoms with Gasteiger partial charge in [0.15, 0.2) is 5.11 Å². The van der Waals surface area contributed by atoms with Crippen LogP contribution in [-0.2, 0) is 4.79 Å². The number of carbonyl (C=O) groups is 1. The molecular weight excluding hydrogens is 336 g/mol. The maximum Gasteiger partial charge on any atom is 0.281 e. The van der Waals surface area contributed by atoms with Gasteiger partial charge in [0, 0.05) is 14.8 Å². The van der Waals surface area contributed by atoms with E-state index in [0.717, 1.165) is 16.1 Å². The van der Waals surface area contributed by atoms with E-state index in [1.54, 1.807) is 17.4 Å². The molecule has 0 radical (unpaired) electrons. The number of hydrogen-bond donors (Lipinski definition) is 1. The first-order valence-electron chi connectivity index (χ1n) is 6.65. The van der Waals surface area contributed by atoms with Crippen molar-refractivity contribution in [2.75, 3.05) is 4.90 Å². The van der Waals surface area contributed by atoms with Crippen LogP contribution in [0.4, 0.5) is 5.69 Å². The Balaban J connectivity index is 1.96. The van der Waals surface area contributed by atoms with Crippen molar-refractivity contribution in [1.29, 1.82) is 0 Å². The number of nitrogens with zero attached hydrogens (tertiary/aromatic N) is 1. The van der Waals surface area contributed by atoms with E-state index in [2.05, 4.69) is 5.32 Å². The lowest BCUT2D eigenvalue weighted by atomic mass is 10.2. The van der Waals surface area contributed by atoms with Crippen molar-refractivity contribution in [1.82, 2.24) is 5.32 Å².